The standard InChI is InChI=1S/C15H22N2O2/c1-10-8-6-7-9-12(10)17-13(18)11(2)16-14(19)15(3,4)5/h6-9,11H,1-5H3,(H,16,19)(H,17,18)/t11-/m0/s1. The molecule has 4 heteroatoms. The second-order valence-electron chi connectivity index (χ2n) is 5.75. The molecule has 1 atom stereocenters. The molecule has 2 N–H and O–H groups in total. The molecule has 4 nitrogen and oxygen atoms in total. The van der Waals surface area contributed by atoms with Gasteiger partial charge in [-0.15, -0.1) is 0 Å². The van der Waals surface area contributed by atoms with Gasteiger partial charge in [0.05, 0.1) is 0 Å². The van der Waals surface area contributed by atoms with Gasteiger partial charge in [-0.1, -0.05) is 39.0 Å². The quantitative estimate of drug-likeness (QED) is 0.879. The molecule has 0 spiro atoms. The number of carbonyl (C=O) groups excluding carboxylic acids is 2. The van der Waals surface area contributed by atoms with Crippen molar-refractivity contribution in [3.05, 3.63) is 29.8 Å². The molecule has 0 saturated heterocycles. The molecular formula is C15H22N2O2. The highest BCUT2D eigenvalue weighted by molar-refractivity contribution is 5.97. The molecule has 1 aromatic carbocycles. The number of carbonyl (C=O) groups is 2. The first-order valence-corrected chi connectivity index (χ1v) is 6.39. The van der Waals surface area contributed by atoms with Crippen LogP contribution in [0.5, 0.6) is 0 Å². The van der Waals surface area contributed by atoms with E-state index in [4.69, 9.17) is 0 Å². The average Bonchev–Trinajstić information content (AvgIpc) is 2.30. The number of aryl methyl sites for hydroxylation is 1. The monoisotopic (exact) mass is 262 g/mol. The fourth-order valence-electron chi connectivity index (χ4n) is 1.43. The minimum Gasteiger partial charge on any atom is -0.344 e. The number of benzene rings is 1. The second kappa shape index (κ2) is 5.87. The summed E-state index contributed by atoms with van der Waals surface area (Å²) in [7, 11) is 0. The van der Waals surface area contributed by atoms with E-state index in [-0.39, 0.29) is 11.8 Å². The van der Waals surface area contributed by atoms with Gasteiger partial charge in [-0.25, -0.2) is 0 Å². The van der Waals surface area contributed by atoms with E-state index >= 15 is 0 Å². The Balaban J connectivity index is 2.64. The van der Waals surface area contributed by atoms with Gasteiger partial charge in [-0.2, -0.15) is 0 Å². The first-order chi connectivity index (χ1) is 8.71. The molecule has 0 aliphatic rings. The Morgan fingerprint density at radius 2 is 1.74 bits per heavy atom. The predicted molar refractivity (Wildman–Crippen MR) is 76.9 cm³/mol. The molecule has 1 rings (SSSR count). The maximum Gasteiger partial charge on any atom is 0.246 e. The highest BCUT2D eigenvalue weighted by atomic mass is 16.2. The zero-order chi connectivity index (χ0) is 14.6. The highest BCUT2D eigenvalue weighted by Gasteiger charge is 2.25. The molecule has 1 aromatic rings. The topological polar surface area (TPSA) is 58.2 Å². The number of hydrogen-bond acceptors (Lipinski definition) is 2. The van der Waals surface area contributed by atoms with Crippen LogP contribution in [0.15, 0.2) is 24.3 Å². The van der Waals surface area contributed by atoms with E-state index in [2.05, 4.69) is 10.6 Å². The van der Waals surface area contributed by atoms with Gasteiger partial charge in [-0.05, 0) is 25.5 Å². The fraction of sp³-hybridized carbons (Fsp3) is 0.467. The summed E-state index contributed by atoms with van der Waals surface area (Å²) < 4.78 is 0. The van der Waals surface area contributed by atoms with Gasteiger partial charge in [0.15, 0.2) is 0 Å². The van der Waals surface area contributed by atoms with Crippen LogP contribution < -0.4 is 10.6 Å². The SMILES string of the molecule is Cc1ccccc1NC(=O)[C@H](C)NC(=O)C(C)(C)C. The lowest BCUT2D eigenvalue weighted by atomic mass is 9.95. The average molecular weight is 262 g/mol. The van der Waals surface area contributed by atoms with Crippen molar-refractivity contribution in [2.75, 3.05) is 5.32 Å². The summed E-state index contributed by atoms with van der Waals surface area (Å²) in [6.07, 6.45) is 0. The molecule has 0 aromatic heterocycles. The minimum atomic E-state index is -0.564. The third kappa shape index (κ3) is 4.39. The molecule has 0 bridgehead atoms. The third-order valence-electron chi connectivity index (χ3n) is 2.83. The molecule has 0 unspecified atom stereocenters. The van der Waals surface area contributed by atoms with Gasteiger partial charge in [0.2, 0.25) is 11.8 Å². The van der Waals surface area contributed by atoms with Crippen LogP contribution in [0.3, 0.4) is 0 Å². The van der Waals surface area contributed by atoms with E-state index in [1.54, 1.807) is 6.92 Å². The molecular weight excluding hydrogens is 240 g/mol. The smallest absolute Gasteiger partial charge is 0.246 e. The predicted octanol–water partition coefficient (Wildman–Crippen LogP) is 2.48. The van der Waals surface area contributed by atoms with Crippen LogP contribution in [0.2, 0.25) is 0 Å². The van der Waals surface area contributed by atoms with Crippen LogP contribution in [0.4, 0.5) is 5.69 Å². The number of para-hydroxylation sites is 1. The fourth-order valence-corrected chi connectivity index (χ4v) is 1.43. The second-order valence-corrected chi connectivity index (χ2v) is 5.75. The van der Waals surface area contributed by atoms with Crippen LogP contribution in [0.1, 0.15) is 33.3 Å². The lowest BCUT2D eigenvalue weighted by Gasteiger charge is -2.21. The highest BCUT2D eigenvalue weighted by Crippen LogP contribution is 2.15. The maximum atomic E-state index is 12.0. The molecule has 0 aliphatic heterocycles. The Hall–Kier alpha value is -1.84. The van der Waals surface area contributed by atoms with Crippen molar-refractivity contribution in [3.8, 4) is 0 Å². The largest absolute Gasteiger partial charge is 0.344 e. The molecule has 104 valence electrons. The minimum absolute atomic E-state index is 0.139. The molecule has 19 heavy (non-hydrogen) atoms. The zero-order valence-electron chi connectivity index (χ0n) is 12.2. The van der Waals surface area contributed by atoms with E-state index in [0.29, 0.717) is 0 Å². The summed E-state index contributed by atoms with van der Waals surface area (Å²) in [6.45, 7) is 9.04. The van der Waals surface area contributed by atoms with Gasteiger partial charge >= 0.3 is 0 Å². The van der Waals surface area contributed by atoms with Crippen molar-refractivity contribution in [3.63, 3.8) is 0 Å². The van der Waals surface area contributed by atoms with Gasteiger partial charge in [0.25, 0.3) is 0 Å². The van der Waals surface area contributed by atoms with E-state index < -0.39 is 11.5 Å². The Morgan fingerprint density at radius 3 is 2.26 bits per heavy atom. The third-order valence-corrected chi connectivity index (χ3v) is 2.83. The number of rotatable bonds is 3. The lowest BCUT2D eigenvalue weighted by Crippen LogP contribution is -2.46. The van der Waals surface area contributed by atoms with Crippen LogP contribution >= 0.6 is 0 Å². The zero-order valence-corrected chi connectivity index (χ0v) is 12.2. The maximum absolute atomic E-state index is 12.0. The molecule has 0 aliphatic carbocycles. The number of hydrogen-bond donors (Lipinski definition) is 2. The summed E-state index contributed by atoms with van der Waals surface area (Å²) in [5, 5.41) is 5.52. The van der Waals surface area contributed by atoms with Crippen molar-refractivity contribution in [2.24, 2.45) is 5.41 Å². The number of nitrogens with one attached hydrogen (secondary N) is 2. The molecule has 0 heterocycles. The van der Waals surface area contributed by atoms with Gasteiger partial charge in [0.1, 0.15) is 6.04 Å². The number of anilines is 1. The first kappa shape index (κ1) is 15.2. The molecule has 0 saturated carbocycles. The Kier molecular flexibility index (Phi) is 4.70. The Bertz CT molecular complexity index is 475. The number of amides is 2. The van der Waals surface area contributed by atoms with Crippen LogP contribution in [-0.2, 0) is 9.59 Å². The van der Waals surface area contributed by atoms with E-state index in [1.807, 2.05) is 52.0 Å². The first-order valence-electron chi connectivity index (χ1n) is 6.39. The Morgan fingerprint density at radius 1 is 1.16 bits per heavy atom. The van der Waals surface area contributed by atoms with Crippen LogP contribution in [0.25, 0.3) is 0 Å². The lowest BCUT2D eigenvalue weighted by molar-refractivity contribution is -0.131. The van der Waals surface area contributed by atoms with Crippen molar-refractivity contribution in [2.45, 2.75) is 40.7 Å². The summed E-state index contributed by atoms with van der Waals surface area (Å²) in [6, 6.07) is 6.97. The molecule has 2 amide bonds. The van der Waals surface area contributed by atoms with Crippen LogP contribution in [0, 0.1) is 12.3 Å². The molecule has 0 radical (unpaired) electrons. The summed E-state index contributed by atoms with van der Waals surface area (Å²) in [4.78, 5) is 23.8. The normalized spacial score (nSPS) is 12.7. The van der Waals surface area contributed by atoms with Crippen molar-refractivity contribution in [1.82, 2.24) is 5.32 Å². The van der Waals surface area contributed by atoms with Crippen LogP contribution in [-0.4, -0.2) is 17.9 Å². The van der Waals surface area contributed by atoms with Gasteiger partial charge in [0, 0.05) is 11.1 Å². The molecule has 0 fully saturated rings. The van der Waals surface area contributed by atoms with E-state index in [9.17, 15) is 9.59 Å². The Labute approximate surface area is 114 Å². The summed E-state index contributed by atoms with van der Waals surface area (Å²) in [5.74, 6) is -0.355. The van der Waals surface area contributed by atoms with Gasteiger partial charge in [-0.3, -0.25) is 9.59 Å². The van der Waals surface area contributed by atoms with Crippen molar-refractivity contribution >= 4 is 17.5 Å². The van der Waals surface area contributed by atoms with Gasteiger partial charge < -0.3 is 10.6 Å². The summed E-state index contributed by atoms with van der Waals surface area (Å²) >= 11 is 0. The van der Waals surface area contributed by atoms with E-state index in [0.717, 1.165) is 11.3 Å². The van der Waals surface area contributed by atoms with Crippen molar-refractivity contribution < 1.29 is 9.59 Å². The van der Waals surface area contributed by atoms with Crippen molar-refractivity contribution in [1.29, 1.82) is 0 Å². The summed E-state index contributed by atoms with van der Waals surface area (Å²) in [5.41, 5.74) is 1.26. The van der Waals surface area contributed by atoms with E-state index in [1.165, 1.54) is 0 Å².